The van der Waals surface area contributed by atoms with E-state index in [2.05, 4.69) is 41.1 Å². The normalized spacial score (nSPS) is 16.6. The van der Waals surface area contributed by atoms with E-state index in [0.717, 1.165) is 38.5 Å². The van der Waals surface area contributed by atoms with Crippen molar-refractivity contribution in [3.8, 4) is 5.75 Å². The molecule has 3 nitrogen and oxygen atoms in total. The Balaban J connectivity index is 1.55. The second-order valence-electron chi connectivity index (χ2n) is 6.00. The monoisotopic (exact) mass is 296 g/mol. The Morgan fingerprint density at radius 2 is 1.59 bits per heavy atom. The quantitative estimate of drug-likeness (QED) is 0.843. The van der Waals surface area contributed by atoms with Crippen molar-refractivity contribution in [2.45, 2.75) is 13.2 Å². The van der Waals surface area contributed by atoms with Crippen LogP contribution in [0, 0.1) is 0 Å². The fourth-order valence-corrected chi connectivity index (χ4v) is 2.77. The molecular weight excluding hydrogens is 272 g/mol. The van der Waals surface area contributed by atoms with Crippen LogP contribution >= 0.6 is 0 Å². The molecule has 0 radical (unpaired) electrons. The number of benzene rings is 2. The highest BCUT2D eigenvalue weighted by atomic mass is 16.5. The smallest absolute Gasteiger partial charge is 0.119 e. The molecule has 1 fully saturated rings. The Kier molecular flexibility index (Phi) is 5.09. The number of piperazine rings is 1. The summed E-state index contributed by atoms with van der Waals surface area (Å²) in [6, 6.07) is 18.7. The Labute approximate surface area is 133 Å². The Bertz CT molecular complexity index is 577. The average molecular weight is 296 g/mol. The van der Waals surface area contributed by atoms with E-state index in [0.29, 0.717) is 6.61 Å². The number of nitrogens with zero attached hydrogens (tertiary/aromatic N) is 2. The summed E-state index contributed by atoms with van der Waals surface area (Å²) >= 11 is 0. The maximum absolute atomic E-state index is 5.83. The Morgan fingerprint density at radius 1 is 0.864 bits per heavy atom. The van der Waals surface area contributed by atoms with Gasteiger partial charge in [0.2, 0.25) is 0 Å². The van der Waals surface area contributed by atoms with Crippen molar-refractivity contribution in [3.05, 3.63) is 65.7 Å². The summed E-state index contributed by atoms with van der Waals surface area (Å²) in [4.78, 5) is 4.91. The van der Waals surface area contributed by atoms with Gasteiger partial charge < -0.3 is 9.64 Å². The van der Waals surface area contributed by atoms with Crippen molar-refractivity contribution in [3.63, 3.8) is 0 Å². The van der Waals surface area contributed by atoms with Gasteiger partial charge in [0, 0.05) is 32.7 Å². The van der Waals surface area contributed by atoms with Gasteiger partial charge in [-0.1, -0.05) is 42.5 Å². The summed E-state index contributed by atoms with van der Waals surface area (Å²) in [6.07, 6.45) is 0. The first-order valence-electron chi connectivity index (χ1n) is 7.96. The zero-order valence-corrected chi connectivity index (χ0v) is 13.2. The van der Waals surface area contributed by atoms with Gasteiger partial charge in [0.15, 0.2) is 0 Å². The van der Waals surface area contributed by atoms with Gasteiger partial charge >= 0.3 is 0 Å². The van der Waals surface area contributed by atoms with Gasteiger partial charge in [0.05, 0.1) is 0 Å². The molecule has 0 spiro atoms. The number of para-hydroxylation sites is 1. The molecule has 3 heteroatoms. The molecule has 1 saturated heterocycles. The minimum absolute atomic E-state index is 0.626. The first kappa shape index (κ1) is 15.1. The first-order valence-corrected chi connectivity index (χ1v) is 7.96. The van der Waals surface area contributed by atoms with E-state index < -0.39 is 0 Å². The number of ether oxygens (including phenoxy) is 1. The van der Waals surface area contributed by atoms with Crippen molar-refractivity contribution in [1.82, 2.24) is 9.80 Å². The minimum atomic E-state index is 0.626. The molecule has 1 heterocycles. The van der Waals surface area contributed by atoms with Crippen LogP contribution in [0.25, 0.3) is 0 Å². The van der Waals surface area contributed by atoms with Crippen molar-refractivity contribution in [2.24, 2.45) is 0 Å². The fraction of sp³-hybridized carbons (Fsp3) is 0.368. The summed E-state index contributed by atoms with van der Waals surface area (Å²) in [6.45, 7) is 6.30. The van der Waals surface area contributed by atoms with Crippen LogP contribution in [0.5, 0.6) is 5.75 Å². The minimum Gasteiger partial charge on any atom is -0.489 e. The highest BCUT2D eigenvalue weighted by Crippen LogP contribution is 2.14. The van der Waals surface area contributed by atoms with E-state index in [1.54, 1.807) is 0 Å². The van der Waals surface area contributed by atoms with Gasteiger partial charge in [-0.2, -0.15) is 0 Å². The van der Waals surface area contributed by atoms with E-state index >= 15 is 0 Å². The van der Waals surface area contributed by atoms with Crippen LogP contribution in [0.15, 0.2) is 54.6 Å². The molecule has 0 aliphatic carbocycles. The lowest BCUT2D eigenvalue weighted by Gasteiger charge is -2.32. The highest BCUT2D eigenvalue weighted by Gasteiger charge is 2.13. The second-order valence-corrected chi connectivity index (χ2v) is 6.00. The molecule has 0 saturated carbocycles. The molecule has 0 bridgehead atoms. The summed E-state index contributed by atoms with van der Waals surface area (Å²) in [5, 5.41) is 0. The van der Waals surface area contributed by atoms with Gasteiger partial charge in [-0.05, 0) is 30.3 Å². The summed E-state index contributed by atoms with van der Waals surface area (Å²) in [5.74, 6) is 0.923. The molecular formula is C19H24N2O. The van der Waals surface area contributed by atoms with Gasteiger partial charge in [0.25, 0.3) is 0 Å². The van der Waals surface area contributed by atoms with Crippen LogP contribution in [0.4, 0.5) is 0 Å². The SMILES string of the molecule is CN1CCN(Cc2cccc(COc3ccccc3)c2)CC1. The lowest BCUT2D eigenvalue weighted by atomic mass is 10.1. The van der Waals surface area contributed by atoms with Crippen LogP contribution in [0.2, 0.25) is 0 Å². The molecule has 0 unspecified atom stereocenters. The van der Waals surface area contributed by atoms with Gasteiger partial charge in [-0.3, -0.25) is 4.90 Å². The molecule has 1 aliphatic rings. The molecule has 0 amide bonds. The number of rotatable bonds is 5. The molecule has 22 heavy (non-hydrogen) atoms. The third kappa shape index (κ3) is 4.33. The van der Waals surface area contributed by atoms with Crippen molar-refractivity contribution in [2.75, 3.05) is 33.2 Å². The van der Waals surface area contributed by atoms with Crippen LogP contribution < -0.4 is 4.74 Å². The molecule has 0 atom stereocenters. The van der Waals surface area contributed by atoms with Gasteiger partial charge in [0.1, 0.15) is 12.4 Å². The maximum Gasteiger partial charge on any atom is 0.119 e. The van der Waals surface area contributed by atoms with Crippen LogP contribution in [0.3, 0.4) is 0 Å². The summed E-state index contributed by atoms with van der Waals surface area (Å²) < 4.78 is 5.83. The lowest BCUT2D eigenvalue weighted by molar-refractivity contribution is 0.148. The molecule has 1 aliphatic heterocycles. The Morgan fingerprint density at radius 3 is 2.36 bits per heavy atom. The van der Waals surface area contributed by atoms with E-state index in [9.17, 15) is 0 Å². The van der Waals surface area contributed by atoms with Crippen LogP contribution in [-0.4, -0.2) is 43.0 Å². The predicted octanol–water partition coefficient (Wildman–Crippen LogP) is 3.01. The molecule has 2 aromatic carbocycles. The topological polar surface area (TPSA) is 15.7 Å². The van der Waals surface area contributed by atoms with Crippen LogP contribution in [-0.2, 0) is 13.2 Å². The molecule has 116 valence electrons. The molecule has 0 N–H and O–H groups in total. The van der Waals surface area contributed by atoms with Crippen molar-refractivity contribution in [1.29, 1.82) is 0 Å². The largest absolute Gasteiger partial charge is 0.489 e. The molecule has 3 rings (SSSR count). The number of hydrogen-bond donors (Lipinski definition) is 0. The highest BCUT2D eigenvalue weighted by molar-refractivity contribution is 5.25. The van der Waals surface area contributed by atoms with Crippen LogP contribution in [0.1, 0.15) is 11.1 Å². The zero-order chi connectivity index (χ0) is 15.2. The third-order valence-electron chi connectivity index (χ3n) is 4.14. The van der Waals surface area contributed by atoms with E-state index in [4.69, 9.17) is 4.74 Å². The maximum atomic E-state index is 5.83. The van der Waals surface area contributed by atoms with Gasteiger partial charge in [-0.15, -0.1) is 0 Å². The van der Waals surface area contributed by atoms with E-state index in [1.165, 1.54) is 11.1 Å². The lowest BCUT2D eigenvalue weighted by Crippen LogP contribution is -2.43. The second kappa shape index (κ2) is 7.43. The van der Waals surface area contributed by atoms with Crippen molar-refractivity contribution < 1.29 is 4.74 Å². The zero-order valence-electron chi connectivity index (χ0n) is 13.2. The predicted molar refractivity (Wildman–Crippen MR) is 90.0 cm³/mol. The van der Waals surface area contributed by atoms with Gasteiger partial charge in [-0.25, -0.2) is 0 Å². The first-order chi connectivity index (χ1) is 10.8. The molecule has 0 aromatic heterocycles. The third-order valence-corrected chi connectivity index (χ3v) is 4.14. The van der Waals surface area contributed by atoms with E-state index in [-0.39, 0.29) is 0 Å². The van der Waals surface area contributed by atoms with Crippen molar-refractivity contribution >= 4 is 0 Å². The molecule has 2 aromatic rings. The summed E-state index contributed by atoms with van der Waals surface area (Å²) in [5.41, 5.74) is 2.61. The fourth-order valence-electron chi connectivity index (χ4n) is 2.77. The number of likely N-dealkylation sites (N-methyl/N-ethyl adjacent to an activating group) is 1. The van der Waals surface area contributed by atoms with E-state index in [1.807, 2.05) is 30.3 Å². The average Bonchev–Trinajstić information content (AvgIpc) is 2.57. The standard InChI is InChI=1S/C19H24N2O/c1-20-10-12-21(13-11-20)15-17-6-5-7-18(14-17)16-22-19-8-3-2-4-9-19/h2-9,14H,10-13,15-16H2,1H3. The number of hydrogen-bond acceptors (Lipinski definition) is 3. The summed E-state index contributed by atoms with van der Waals surface area (Å²) in [7, 11) is 2.19. The Hall–Kier alpha value is -1.84.